The van der Waals surface area contributed by atoms with E-state index < -0.39 is 5.41 Å². The van der Waals surface area contributed by atoms with Crippen LogP contribution in [0.5, 0.6) is 11.5 Å². The van der Waals surface area contributed by atoms with Crippen molar-refractivity contribution in [3.8, 4) is 22.9 Å². The van der Waals surface area contributed by atoms with E-state index in [1.165, 1.54) is 44.2 Å². The van der Waals surface area contributed by atoms with E-state index in [0.717, 1.165) is 61.2 Å². The molecule has 13 rings (SSSR count). The number of hydrogen-bond acceptors (Lipinski definition) is 3. The molecule has 2 aliphatic heterocycles. The smallest absolute Gasteiger partial charge is 0.133 e. The molecule has 0 bridgehead atoms. The molecule has 11 aromatic rings. The molecule has 308 valence electrons. The lowest BCUT2D eigenvalue weighted by molar-refractivity contribution is 0.435. The summed E-state index contributed by atoms with van der Waals surface area (Å²) in [6, 6.07) is 74.7. The second kappa shape index (κ2) is 15.1. The number of ether oxygens (including phenoxy) is 1. The van der Waals surface area contributed by atoms with Crippen molar-refractivity contribution in [1.29, 1.82) is 5.41 Å². The van der Waals surface area contributed by atoms with Crippen molar-refractivity contribution >= 4 is 61.7 Å². The first-order chi connectivity index (χ1) is 32.0. The highest BCUT2D eigenvalue weighted by Gasteiger charge is 2.50. The number of nitrogens with zero attached hydrogens (tertiary/aromatic N) is 3. The lowest BCUT2D eigenvalue weighted by Crippen LogP contribution is -2.37. The van der Waals surface area contributed by atoms with Gasteiger partial charge in [0.25, 0.3) is 0 Å². The third-order valence-corrected chi connectivity index (χ3v) is 13.2. The summed E-state index contributed by atoms with van der Waals surface area (Å²) in [6.07, 6.45) is 1.79. The molecule has 0 radical (unpaired) electrons. The van der Waals surface area contributed by atoms with E-state index >= 15 is 0 Å². The van der Waals surface area contributed by atoms with Gasteiger partial charge >= 0.3 is 0 Å². The van der Waals surface area contributed by atoms with Crippen LogP contribution in [0, 0.1) is 12.3 Å². The minimum absolute atomic E-state index is 0.379. The first kappa shape index (κ1) is 38.2. The van der Waals surface area contributed by atoms with Crippen molar-refractivity contribution in [3.63, 3.8) is 0 Å². The monoisotopic (exact) mass is 834 g/mol. The lowest BCUT2D eigenvalue weighted by atomic mass is 9.61. The number of allylic oxidation sites excluding steroid dienone is 1. The Morgan fingerprint density at radius 3 is 1.86 bits per heavy atom. The van der Waals surface area contributed by atoms with E-state index in [0.29, 0.717) is 11.4 Å². The molecular formula is C60H42N4O. The fraction of sp³-hybridized carbons (Fsp3) is 0.0333. The summed E-state index contributed by atoms with van der Waals surface area (Å²) in [5.74, 6) is 1.71. The van der Waals surface area contributed by atoms with Crippen molar-refractivity contribution in [3.05, 3.63) is 257 Å². The molecule has 1 N–H and O–H groups in total. The van der Waals surface area contributed by atoms with Gasteiger partial charge < -0.3 is 19.3 Å². The van der Waals surface area contributed by atoms with Crippen LogP contribution in [0.3, 0.4) is 0 Å². The molecule has 5 nitrogen and oxygen atoms in total. The maximum absolute atomic E-state index is 8.84. The zero-order chi connectivity index (χ0) is 43.6. The number of aromatic nitrogens is 2. The number of nitrogens with one attached hydrogen (secondary N) is 1. The molecule has 4 heterocycles. The molecule has 0 fully saturated rings. The van der Waals surface area contributed by atoms with Crippen LogP contribution in [0.4, 0.5) is 0 Å². The fourth-order valence-corrected chi connectivity index (χ4v) is 10.5. The van der Waals surface area contributed by atoms with Crippen molar-refractivity contribution in [1.82, 2.24) is 9.13 Å². The highest BCUT2D eigenvalue weighted by atomic mass is 16.5. The lowest BCUT2D eigenvalue weighted by Gasteiger charge is -2.45. The molecule has 0 saturated heterocycles. The van der Waals surface area contributed by atoms with E-state index in [9.17, 15) is 0 Å². The predicted octanol–water partition coefficient (Wildman–Crippen LogP) is 14.8. The molecule has 1 unspecified atom stereocenters. The number of rotatable bonds is 5. The minimum atomic E-state index is -0.692. The van der Waals surface area contributed by atoms with Crippen LogP contribution >= 0.6 is 0 Å². The SMILES string of the molecule is C=N/C(=C\C(=N)c1ccccc1)c1cccc(-n2c3ccccc3c3cc4c(cc32)C2(c3ccccc3O4)c3ccccc3-n3c4ccccc4c4cccc2c43)c1.Cc1ccccc1. The molecule has 1 atom stereocenters. The van der Waals surface area contributed by atoms with E-state index in [1.54, 1.807) is 6.08 Å². The largest absolute Gasteiger partial charge is 0.457 e. The zero-order valence-corrected chi connectivity index (χ0v) is 35.7. The third kappa shape index (κ3) is 5.79. The summed E-state index contributed by atoms with van der Waals surface area (Å²) >= 11 is 0. The average Bonchev–Trinajstić information content (AvgIpc) is 3.87. The predicted molar refractivity (Wildman–Crippen MR) is 269 cm³/mol. The molecule has 0 amide bonds. The summed E-state index contributed by atoms with van der Waals surface area (Å²) < 4.78 is 11.8. The first-order valence-corrected chi connectivity index (χ1v) is 22.0. The normalized spacial score (nSPS) is 14.6. The summed E-state index contributed by atoms with van der Waals surface area (Å²) in [6.45, 7) is 6.00. The van der Waals surface area contributed by atoms with Gasteiger partial charge in [0.2, 0.25) is 0 Å². The van der Waals surface area contributed by atoms with Crippen LogP contribution in [-0.4, -0.2) is 21.6 Å². The highest BCUT2D eigenvalue weighted by Crippen LogP contribution is 2.61. The van der Waals surface area contributed by atoms with Gasteiger partial charge in [-0.3, -0.25) is 4.99 Å². The van der Waals surface area contributed by atoms with Gasteiger partial charge in [0, 0.05) is 43.9 Å². The maximum Gasteiger partial charge on any atom is 0.133 e. The highest BCUT2D eigenvalue weighted by molar-refractivity contribution is 6.14. The molecule has 65 heavy (non-hydrogen) atoms. The number of fused-ring (bicyclic) bond motifs is 14. The van der Waals surface area contributed by atoms with Crippen LogP contribution in [0.25, 0.3) is 60.7 Å². The van der Waals surface area contributed by atoms with Gasteiger partial charge in [0.1, 0.15) is 11.5 Å². The molecule has 2 aliphatic rings. The Balaban J connectivity index is 0.000000583. The van der Waals surface area contributed by atoms with Crippen LogP contribution in [0.15, 0.2) is 223 Å². The van der Waals surface area contributed by atoms with Gasteiger partial charge in [0.05, 0.1) is 44.6 Å². The summed E-state index contributed by atoms with van der Waals surface area (Å²) in [5.41, 5.74) is 14.7. The number of aliphatic imine (C=N–C) groups is 1. The Labute approximate surface area is 377 Å². The molecule has 9 aromatic carbocycles. The first-order valence-electron chi connectivity index (χ1n) is 22.0. The standard InChI is InChI=1S/C53H34N4O.C7H8/c1-55-45(32-44(54)33-15-3-2-4-16-33)34-17-13-18-35(29-34)56-46-25-9-6-20-37(46)39-30-51-43(31-49(39)56)53(41-23-8-12-28-50(41)58-51)40-22-7-11-27-48(40)57-47-26-10-5-19-36(47)38-21-14-24-42(53)52(38)57;1-7-5-3-2-4-6-7/h2-32,54H,1H2;2-6H,1H3/b45-32-,54-44?;. The van der Waals surface area contributed by atoms with Crippen LogP contribution in [0.2, 0.25) is 0 Å². The van der Waals surface area contributed by atoms with E-state index in [2.05, 4.69) is 185 Å². The average molecular weight is 835 g/mol. The second-order valence-corrected chi connectivity index (χ2v) is 16.8. The quantitative estimate of drug-likeness (QED) is 0.173. The van der Waals surface area contributed by atoms with Gasteiger partial charge in [-0.25, -0.2) is 0 Å². The van der Waals surface area contributed by atoms with E-state index in [1.807, 2.05) is 54.6 Å². The van der Waals surface area contributed by atoms with Crippen molar-refractivity contribution in [2.45, 2.75) is 12.3 Å². The molecular weight excluding hydrogens is 793 g/mol. The van der Waals surface area contributed by atoms with Crippen LogP contribution in [0.1, 0.15) is 38.9 Å². The van der Waals surface area contributed by atoms with Gasteiger partial charge in [-0.2, -0.15) is 0 Å². The summed E-state index contributed by atoms with van der Waals surface area (Å²) in [5, 5.41) is 13.6. The molecule has 5 heteroatoms. The maximum atomic E-state index is 8.84. The van der Waals surface area contributed by atoms with Gasteiger partial charge in [-0.15, -0.1) is 0 Å². The zero-order valence-electron chi connectivity index (χ0n) is 35.7. The van der Waals surface area contributed by atoms with Gasteiger partial charge in [0.15, 0.2) is 0 Å². The Hall–Kier alpha value is -8.54. The Morgan fingerprint density at radius 2 is 1.11 bits per heavy atom. The number of benzene rings is 9. The molecule has 1 spiro atoms. The van der Waals surface area contributed by atoms with E-state index in [-0.39, 0.29) is 0 Å². The minimum Gasteiger partial charge on any atom is -0.457 e. The van der Waals surface area contributed by atoms with Crippen molar-refractivity contribution < 1.29 is 4.74 Å². The van der Waals surface area contributed by atoms with Crippen LogP contribution in [-0.2, 0) is 5.41 Å². The summed E-state index contributed by atoms with van der Waals surface area (Å²) in [7, 11) is 0. The Morgan fingerprint density at radius 1 is 0.508 bits per heavy atom. The second-order valence-electron chi connectivity index (χ2n) is 16.8. The number of hydrogen-bond donors (Lipinski definition) is 1. The van der Waals surface area contributed by atoms with E-state index in [4.69, 9.17) is 10.1 Å². The van der Waals surface area contributed by atoms with Crippen molar-refractivity contribution in [2.24, 2.45) is 4.99 Å². The third-order valence-electron chi connectivity index (χ3n) is 13.2. The Bertz CT molecular complexity index is 3740. The topological polar surface area (TPSA) is 55.3 Å². The summed E-state index contributed by atoms with van der Waals surface area (Å²) in [4.78, 5) is 4.42. The van der Waals surface area contributed by atoms with Gasteiger partial charge in [-0.05, 0) is 84.9 Å². The fourth-order valence-electron chi connectivity index (χ4n) is 10.5. The molecule has 2 aromatic heterocycles. The van der Waals surface area contributed by atoms with Crippen LogP contribution < -0.4 is 4.74 Å². The molecule has 0 saturated carbocycles. The Kier molecular flexibility index (Phi) is 8.85. The number of para-hydroxylation sites is 5. The molecule has 0 aliphatic carbocycles. The van der Waals surface area contributed by atoms with Crippen molar-refractivity contribution in [2.75, 3.05) is 0 Å². The van der Waals surface area contributed by atoms with Gasteiger partial charge in [-0.1, -0.05) is 169 Å². The number of aryl methyl sites for hydroxylation is 1.